The number of benzene rings is 1. The lowest BCUT2D eigenvalue weighted by Crippen LogP contribution is -2.48. The van der Waals surface area contributed by atoms with Gasteiger partial charge in [-0.05, 0) is 0 Å². The van der Waals surface area contributed by atoms with Crippen molar-refractivity contribution in [2.24, 2.45) is 5.92 Å². The van der Waals surface area contributed by atoms with Gasteiger partial charge in [0.1, 0.15) is 0 Å². The van der Waals surface area contributed by atoms with E-state index in [-0.39, 0.29) is 11.8 Å². The summed E-state index contributed by atoms with van der Waals surface area (Å²) in [6.07, 6.45) is 0. The molecule has 0 saturated carbocycles. The highest BCUT2D eigenvalue weighted by molar-refractivity contribution is 6.34. The zero-order valence-corrected chi connectivity index (χ0v) is 11.0. The van der Waals surface area contributed by atoms with E-state index in [1.54, 1.807) is 12.1 Å². The molecule has 1 saturated heterocycles. The quantitative estimate of drug-likeness (QED) is 0.871. The lowest BCUT2D eigenvalue weighted by molar-refractivity contribution is -0.121. The van der Waals surface area contributed by atoms with Crippen LogP contribution in [0.5, 0.6) is 11.5 Å². The maximum Gasteiger partial charge on any atom is 0.230 e. The Hall–Kier alpha value is -1.46. The minimum Gasteiger partial charge on any atom is -0.493 e. The Bertz CT molecular complexity index is 461. The molecule has 1 aromatic rings. The Morgan fingerprint density at radius 2 is 1.94 bits per heavy atom. The van der Waals surface area contributed by atoms with E-state index in [4.69, 9.17) is 21.1 Å². The molecule has 2 N–H and O–H groups in total. The van der Waals surface area contributed by atoms with Gasteiger partial charge in [0.25, 0.3) is 0 Å². The number of methoxy groups -OCH3 is 2. The van der Waals surface area contributed by atoms with Gasteiger partial charge in [-0.3, -0.25) is 4.79 Å². The van der Waals surface area contributed by atoms with Gasteiger partial charge < -0.3 is 20.1 Å². The number of anilines is 1. The molecule has 6 heteroatoms. The normalized spacial score (nSPS) is 14.8. The second-order valence-corrected chi connectivity index (χ2v) is 4.44. The SMILES string of the molecule is COc1cc(Cl)c(NC(=O)C2CNC2)cc1OC. The standard InChI is InChI=1S/C12H15ClN2O3/c1-17-10-3-8(13)9(4-11(10)18-2)15-12(16)7-5-14-6-7/h3-4,7,14H,5-6H2,1-2H3,(H,15,16). The highest BCUT2D eigenvalue weighted by Gasteiger charge is 2.25. The third-order valence-electron chi connectivity index (χ3n) is 2.88. The Balaban J connectivity index is 2.18. The van der Waals surface area contributed by atoms with Crippen LogP contribution in [0.3, 0.4) is 0 Å². The van der Waals surface area contributed by atoms with Crippen LogP contribution in [0.15, 0.2) is 12.1 Å². The van der Waals surface area contributed by atoms with Gasteiger partial charge in [-0.25, -0.2) is 0 Å². The van der Waals surface area contributed by atoms with Crippen molar-refractivity contribution in [3.63, 3.8) is 0 Å². The molecular weight excluding hydrogens is 256 g/mol. The first-order chi connectivity index (χ1) is 8.65. The maximum atomic E-state index is 11.8. The second kappa shape index (κ2) is 5.46. The number of nitrogens with one attached hydrogen (secondary N) is 2. The molecule has 0 unspecified atom stereocenters. The van der Waals surface area contributed by atoms with Crippen LogP contribution in [0.25, 0.3) is 0 Å². The summed E-state index contributed by atoms with van der Waals surface area (Å²) in [4.78, 5) is 11.8. The van der Waals surface area contributed by atoms with Gasteiger partial charge in [0, 0.05) is 25.2 Å². The molecule has 2 rings (SSSR count). The Kier molecular flexibility index (Phi) is 3.93. The number of halogens is 1. The summed E-state index contributed by atoms with van der Waals surface area (Å²) in [5, 5.41) is 6.26. The van der Waals surface area contributed by atoms with E-state index in [9.17, 15) is 4.79 Å². The molecule has 0 aliphatic carbocycles. The number of hydrogen-bond donors (Lipinski definition) is 2. The van der Waals surface area contributed by atoms with Crippen LogP contribution < -0.4 is 20.1 Å². The van der Waals surface area contributed by atoms with E-state index in [2.05, 4.69) is 10.6 Å². The van der Waals surface area contributed by atoms with Crippen LogP contribution in [0, 0.1) is 5.92 Å². The van der Waals surface area contributed by atoms with Crippen molar-refractivity contribution in [2.75, 3.05) is 32.6 Å². The van der Waals surface area contributed by atoms with Crippen molar-refractivity contribution in [1.82, 2.24) is 5.32 Å². The van der Waals surface area contributed by atoms with Crippen LogP contribution in [0.4, 0.5) is 5.69 Å². The summed E-state index contributed by atoms with van der Waals surface area (Å²) < 4.78 is 10.3. The highest BCUT2D eigenvalue weighted by Crippen LogP contribution is 2.36. The van der Waals surface area contributed by atoms with Crippen molar-refractivity contribution in [3.05, 3.63) is 17.2 Å². The second-order valence-electron chi connectivity index (χ2n) is 4.03. The van der Waals surface area contributed by atoms with Gasteiger partial charge in [0.05, 0.1) is 30.8 Å². The molecule has 5 nitrogen and oxygen atoms in total. The van der Waals surface area contributed by atoms with Crippen LogP contribution in [0.1, 0.15) is 0 Å². The molecular formula is C12H15ClN2O3. The Labute approximate surface area is 110 Å². The molecule has 1 fully saturated rings. The van der Waals surface area contributed by atoms with Gasteiger partial charge in [0.2, 0.25) is 5.91 Å². The van der Waals surface area contributed by atoms with E-state index < -0.39 is 0 Å². The topological polar surface area (TPSA) is 59.6 Å². The zero-order chi connectivity index (χ0) is 13.1. The largest absolute Gasteiger partial charge is 0.493 e. The van der Waals surface area contributed by atoms with Gasteiger partial charge >= 0.3 is 0 Å². The fourth-order valence-corrected chi connectivity index (χ4v) is 1.86. The van der Waals surface area contributed by atoms with E-state index in [0.29, 0.717) is 35.3 Å². The third-order valence-corrected chi connectivity index (χ3v) is 3.20. The summed E-state index contributed by atoms with van der Waals surface area (Å²) in [6, 6.07) is 3.28. The fraction of sp³-hybridized carbons (Fsp3) is 0.417. The molecule has 1 heterocycles. The smallest absolute Gasteiger partial charge is 0.230 e. The Morgan fingerprint density at radius 3 is 2.44 bits per heavy atom. The summed E-state index contributed by atoms with van der Waals surface area (Å²) in [5.41, 5.74) is 0.534. The highest BCUT2D eigenvalue weighted by atomic mass is 35.5. The molecule has 0 spiro atoms. The third kappa shape index (κ3) is 2.52. The summed E-state index contributed by atoms with van der Waals surface area (Å²) >= 11 is 6.08. The number of carbonyl (C=O) groups excluding carboxylic acids is 1. The molecule has 1 aliphatic rings. The minimum absolute atomic E-state index is 0.00848. The number of hydrogen-bond acceptors (Lipinski definition) is 4. The molecule has 1 amide bonds. The van der Waals surface area contributed by atoms with E-state index >= 15 is 0 Å². The zero-order valence-electron chi connectivity index (χ0n) is 10.2. The first-order valence-corrected chi connectivity index (χ1v) is 5.96. The summed E-state index contributed by atoms with van der Waals surface area (Å²) in [7, 11) is 3.07. The molecule has 0 aromatic heterocycles. The molecule has 98 valence electrons. The van der Waals surface area contributed by atoms with Crippen molar-refractivity contribution < 1.29 is 14.3 Å². The molecule has 0 radical (unpaired) electrons. The summed E-state index contributed by atoms with van der Waals surface area (Å²) in [5.74, 6) is 1.03. The predicted molar refractivity (Wildman–Crippen MR) is 69.5 cm³/mol. The first-order valence-electron chi connectivity index (χ1n) is 5.58. The lowest BCUT2D eigenvalue weighted by Gasteiger charge is -2.26. The predicted octanol–water partition coefficient (Wildman–Crippen LogP) is 1.52. The van der Waals surface area contributed by atoms with Crippen LogP contribution >= 0.6 is 11.6 Å². The number of rotatable bonds is 4. The lowest BCUT2D eigenvalue weighted by atomic mass is 10.0. The van der Waals surface area contributed by atoms with Crippen molar-refractivity contribution in [2.45, 2.75) is 0 Å². The van der Waals surface area contributed by atoms with Gasteiger partial charge in [-0.2, -0.15) is 0 Å². The summed E-state index contributed by atoms with van der Waals surface area (Å²) in [6.45, 7) is 1.41. The van der Waals surface area contributed by atoms with Gasteiger partial charge in [-0.15, -0.1) is 0 Å². The van der Waals surface area contributed by atoms with Crippen LogP contribution in [-0.2, 0) is 4.79 Å². The number of ether oxygens (including phenoxy) is 2. The maximum absolute atomic E-state index is 11.8. The van der Waals surface area contributed by atoms with Crippen molar-refractivity contribution in [3.8, 4) is 11.5 Å². The minimum atomic E-state index is -0.0390. The Morgan fingerprint density at radius 1 is 1.33 bits per heavy atom. The first kappa shape index (κ1) is 13.0. The van der Waals surface area contributed by atoms with Crippen molar-refractivity contribution >= 4 is 23.2 Å². The van der Waals surface area contributed by atoms with Crippen LogP contribution in [0.2, 0.25) is 5.02 Å². The van der Waals surface area contributed by atoms with E-state index in [1.807, 2.05) is 0 Å². The monoisotopic (exact) mass is 270 g/mol. The van der Waals surface area contributed by atoms with Gasteiger partial charge in [0.15, 0.2) is 11.5 Å². The van der Waals surface area contributed by atoms with Gasteiger partial charge in [-0.1, -0.05) is 11.6 Å². The fourth-order valence-electron chi connectivity index (χ4n) is 1.66. The average molecular weight is 271 g/mol. The molecule has 1 aromatic carbocycles. The van der Waals surface area contributed by atoms with Crippen molar-refractivity contribution in [1.29, 1.82) is 0 Å². The number of amides is 1. The average Bonchev–Trinajstić information content (AvgIpc) is 2.28. The molecule has 18 heavy (non-hydrogen) atoms. The van der Waals surface area contributed by atoms with Crippen LogP contribution in [-0.4, -0.2) is 33.2 Å². The number of carbonyl (C=O) groups is 1. The molecule has 1 aliphatic heterocycles. The molecule has 0 bridgehead atoms. The van der Waals surface area contributed by atoms with E-state index in [1.165, 1.54) is 14.2 Å². The molecule has 0 atom stereocenters. The van der Waals surface area contributed by atoms with E-state index in [0.717, 1.165) is 0 Å².